The van der Waals surface area contributed by atoms with Crippen molar-refractivity contribution in [3.63, 3.8) is 0 Å². The van der Waals surface area contributed by atoms with Gasteiger partial charge >= 0.3 is 0 Å². The molecule has 0 heterocycles. The summed E-state index contributed by atoms with van der Waals surface area (Å²) in [4.78, 5) is 0. The van der Waals surface area contributed by atoms with Crippen LogP contribution in [0, 0.1) is 11.3 Å². The predicted molar refractivity (Wildman–Crippen MR) is 67.5 cm³/mol. The van der Waals surface area contributed by atoms with E-state index in [0.29, 0.717) is 11.2 Å². The molecule has 0 aromatic heterocycles. The Morgan fingerprint density at radius 2 is 1.81 bits per heavy atom. The van der Waals surface area contributed by atoms with E-state index >= 15 is 0 Å². The first-order valence-electron chi connectivity index (χ1n) is 6.36. The second-order valence-electron chi connectivity index (χ2n) is 5.78. The molecule has 1 fully saturated rings. The highest BCUT2D eigenvalue weighted by Crippen LogP contribution is 2.42. The smallest absolute Gasteiger partial charge is 0.118 e. The first-order valence-corrected chi connectivity index (χ1v) is 6.36. The van der Waals surface area contributed by atoms with Crippen LogP contribution in [0.1, 0.15) is 45.1 Å². The first kappa shape index (κ1) is 11.5. The second-order valence-corrected chi connectivity index (χ2v) is 5.78. The summed E-state index contributed by atoms with van der Waals surface area (Å²) in [5, 5.41) is 9.82. The van der Waals surface area contributed by atoms with Gasteiger partial charge < -0.3 is 5.11 Å². The monoisotopic (exact) mass is 218 g/mol. The summed E-state index contributed by atoms with van der Waals surface area (Å²) >= 11 is 0. The number of hydrogen-bond donors (Lipinski definition) is 1. The zero-order valence-electron chi connectivity index (χ0n) is 10.4. The van der Waals surface area contributed by atoms with Gasteiger partial charge in [0.05, 0.1) is 0 Å². The average Bonchev–Trinajstić information content (AvgIpc) is 2.75. The third-order valence-electron chi connectivity index (χ3n) is 4.10. The lowest BCUT2D eigenvalue weighted by atomic mass is 9.73. The number of rotatable bonds is 3. The Labute approximate surface area is 98.5 Å². The molecule has 1 aromatic rings. The van der Waals surface area contributed by atoms with Gasteiger partial charge in [0.15, 0.2) is 0 Å². The van der Waals surface area contributed by atoms with Crippen LogP contribution in [0.25, 0.3) is 0 Å². The summed E-state index contributed by atoms with van der Waals surface area (Å²) in [5.74, 6) is 1.28. The molecule has 0 radical (unpaired) electrons. The maximum Gasteiger partial charge on any atom is 0.118 e. The van der Waals surface area contributed by atoms with Gasteiger partial charge in [0.2, 0.25) is 0 Å². The molecule has 1 heteroatoms. The molecule has 0 saturated heterocycles. The Morgan fingerprint density at radius 3 is 2.44 bits per heavy atom. The molecule has 0 atom stereocenters. The number of phenols is 1. The molecule has 0 amide bonds. The highest BCUT2D eigenvalue weighted by molar-refractivity contribution is 5.32. The van der Waals surface area contributed by atoms with Crippen molar-refractivity contribution < 1.29 is 5.11 Å². The standard InChI is InChI=1S/C15H22O/c1-15(2,13-8-4-5-9-13)11-12-7-3-6-10-14(12)16/h3,6-7,10,13,16H,4-5,8-9,11H2,1-2H3. The lowest BCUT2D eigenvalue weighted by molar-refractivity contribution is 0.213. The van der Waals surface area contributed by atoms with Crippen LogP contribution in [0.4, 0.5) is 0 Å². The number of phenolic OH excluding ortho intramolecular Hbond substituents is 1. The molecule has 2 rings (SSSR count). The van der Waals surface area contributed by atoms with Crippen molar-refractivity contribution in [3.8, 4) is 5.75 Å². The maximum atomic E-state index is 9.82. The Kier molecular flexibility index (Phi) is 3.22. The molecule has 1 nitrogen and oxygen atoms in total. The molecule has 1 saturated carbocycles. The molecule has 1 N–H and O–H groups in total. The summed E-state index contributed by atoms with van der Waals surface area (Å²) in [6, 6.07) is 7.74. The zero-order chi connectivity index (χ0) is 11.6. The van der Waals surface area contributed by atoms with Crippen molar-refractivity contribution in [2.75, 3.05) is 0 Å². The largest absolute Gasteiger partial charge is 0.508 e. The van der Waals surface area contributed by atoms with Gasteiger partial charge in [-0.05, 0) is 42.2 Å². The van der Waals surface area contributed by atoms with Gasteiger partial charge in [-0.15, -0.1) is 0 Å². The first-order chi connectivity index (χ1) is 7.59. The molecule has 1 aromatic carbocycles. The minimum Gasteiger partial charge on any atom is -0.508 e. The fourth-order valence-corrected chi connectivity index (χ4v) is 3.00. The molecule has 1 aliphatic rings. The summed E-state index contributed by atoms with van der Waals surface area (Å²) < 4.78 is 0. The van der Waals surface area contributed by atoms with E-state index < -0.39 is 0 Å². The molecule has 1 aliphatic carbocycles. The van der Waals surface area contributed by atoms with Crippen LogP contribution < -0.4 is 0 Å². The van der Waals surface area contributed by atoms with Crippen LogP contribution in [0.3, 0.4) is 0 Å². The van der Waals surface area contributed by atoms with Crippen LogP contribution in [0.2, 0.25) is 0 Å². The highest BCUT2D eigenvalue weighted by Gasteiger charge is 2.32. The van der Waals surface area contributed by atoms with E-state index in [0.717, 1.165) is 17.9 Å². The van der Waals surface area contributed by atoms with Crippen molar-refractivity contribution in [1.29, 1.82) is 0 Å². The van der Waals surface area contributed by atoms with Crippen molar-refractivity contribution in [2.24, 2.45) is 11.3 Å². The van der Waals surface area contributed by atoms with E-state index in [9.17, 15) is 5.11 Å². The fourth-order valence-electron chi connectivity index (χ4n) is 3.00. The minimum atomic E-state index is 0.315. The van der Waals surface area contributed by atoms with Gasteiger partial charge in [-0.2, -0.15) is 0 Å². The number of para-hydroxylation sites is 1. The predicted octanol–water partition coefficient (Wildman–Crippen LogP) is 4.15. The van der Waals surface area contributed by atoms with E-state index in [1.807, 2.05) is 18.2 Å². The fraction of sp³-hybridized carbons (Fsp3) is 0.600. The van der Waals surface area contributed by atoms with Gasteiger partial charge in [-0.25, -0.2) is 0 Å². The van der Waals surface area contributed by atoms with Crippen LogP contribution >= 0.6 is 0 Å². The van der Waals surface area contributed by atoms with Crippen LogP contribution in [0.15, 0.2) is 24.3 Å². The highest BCUT2D eigenvalue weighted by atomic mass is 16.3. The Hall–Kier alpha value is -0.980. The Balaban J connectivity index is 2.10. The van der Waals surface area contributed by atoms with E-state index in [-0.39, 0.29) is 0 Å². The van der Waals surface area contributed by atoms with Gasteiger partial charge in [0.25, 0.3) is 0 Å². The van der Waals surface area contributed by atoms with Crippen LogP contribution in [0.5, 0.6) is 5.75 Å². The molecule has 0 bridgehead atoms. The summed E-state index contributed by atoms with van der Waals surface area (Å²) in [5.41, 5.74) is 1.41. The molecule has 0 unspecified atom stereocenters. The Bertz CT molecular complexity index is 348. The summed E-state index contributed by atoms with van der Waals surface area (Å²) in [7, 11) is 0. The maximum absolute atomic E-state index is 9.82. The lowest BCUT2D eigenvalue weighted by Crippen LogP contribution is -2.24. The van der Waals surface area contributed by atoms with Crippen LogP contribution in [-0.4, -0.2) is 5.11 Å². The summed E-state index contributed by atoms with van der Waals surface area (Å²) in [6.07, 6.45) is 6.48. The van der Waals surface area contributed by atoms with Gasteiger partial charge in [-0.1, -0.05) is 44.9 Å². The second kappa shape index (κ2) is 4.48. The van der Waals surface area contributed by atoms with Crippen molar-refractivity contribution in [1.82, 2.24) is 0 Å². The van der Waals surface area contributed by atoms with Gasteiger partial charge in [-0.3, -0.25) is 0 Å². The van der Waals surface area contributed by atoms with E-state index in [2.05, 4.69) is 13.8 Å². The van der Waals surface area contributed by atoms with Crippen LogP contribution in [-0.2, 0) is 6.42 Å². The van der Waals surface area contributed by atoms with Crippen molar-refractivity contribution in [2.45, 2.75) is 46.0 Å². The topological polar surface area (TPSA) is 20.2 Å². The molecular formula is C15H22O. The van der Waals surface area contributed by atoms with Crippen molar-refractivity contribution >= 4 is 0 Å². The third-order valence-corrected chi connectivity index (χ3v) is 4.10. The number of benzene rings is 1. The third kappa shape index (κ3) is 2.40. The average molecular weight is 218 g/mol. The molecule has 0 spiro atoms. The number of aromatic hydroxyl groups is 1. The quantitative estimate of drug-likeness (QED) is 0.808. The normalized spacial score (nSPS) is 17.9. The molecule has 16 heavy (non-hydrogen) atoms. The van der Waals surface area contributed by atoms with E-state index in [4.69, 9.17) is 0 Å². The summed E-state index contributed by atoms with van der Waals surface area (Å²) in [6.45, 7) is 4.69. The molecule has 0 aliphatic heterocycles. The minimum absolute atomic E-state index is 0.315. The molecule has 88 valence electrons. The Morgan fingerprint density at radius 1 is 1.19 bits per heavy atom. The lowest BCUT2D eigenvalue weighted by Gasteiger charge is -2.32. The number of hydrogen-bond acceptors (Lipinski definition) is 1. The van der Waals surface area contributed by atoms with E-state index in [1.165, 1.54) is 25.7 Å². The van der Waals surface area contributed by atoms with Gasteiger partial charge in [0.1, 0.15) is 5.75 Å². The molecular weight excluding hydrogens is 196 g/mol. The van der Waals surface area contributed by atoms with Crippen molar-refractivity contribution in [3.05, 3.63) is 29.8 Å². The SMILES string of the molecule is CC(C)(Cc1ccccc1O)C1CCCC1. The van der Waals surface area contributed by atoms with Gasteiger partial charge in [0, 0.05) is 0 Å². The van der Waals surface area contributed by atoms with E-state index in [1.54, 1.807) is 6.07 Å². The zero-order valence-corrected chi connectivity index (χ0v) is 10.4.